The summed E-state index contributed by atoms with van der Waals surface area (Å²) in [6.07, 6.45) is 2.09. The first-order valence-corrected chi connectivity index (χ1v) is 9.67. The minimum atomic E-state index is -0.639. The van der Waals surface area contributed by atoms with Crippen LogP contribution in [-0.2, 0) is 18.4 Å². The lowest BCUT2D eigenvalue weighted by Gasteiger charge is -2.12. The van der Waals surface area contributed by atoms with Crippen LogP contribution >= 0.6 is 11.3 Å². The first-order chi connectivity index (χ1) is 13.5. The molecule has 1 saturated heterocycles. The molecule has 10 heteroatoms. The van der Waals surface area contributed by atoms with Crippen molar-refractivity contribution in [3.05, 3.63) is 50.9 Å². The number of anilines is 2. The number of hydrogen-bond donors (Lipinski definition) is 1. The molecule has 1 N–H and O–H groups in total. The Morgan fingerprint density at radius 1 is 1.25 bits per heavy atom. The zero-order valence-electron chi connectivity index (χ0n) is 15.1. The fraction of sp³-hybridized carbons (Fsp3) is 0.333. The standard InChI is InChI=1S/C18H18FN5O3S/c1-22-16(26)14-15(21-17(28-14)23-8-4-5-9-23)24(18(22)27)10-13(25)20-12-7-3-2-6-11(12)19/h2-3,6-7H,4-5,8-10H2,1H3,(H,20,25). The van der Waals surface area contributed by atoms with Crippen molar-refractivity contribution in [3.63, 3.8) is 0 Å². The highest BCUT2D eigenvalue weighted by atomic mass is 32.1. The lowest BCUT2D eigenvalue weighted by Crippen LogP contribution is -2.40. The van der Waals surface area contributed by atoms with Gasteiger partial charge < -0.3 is 10.2 Å². The van der Waals surface area contributed by atoms with Crippen LogP contribution < -0.4 is 21.5 Å². The second-order valence-corrected chi connectivity index (χ2v) is 7.58. The third kappa shape index (κ3) is 3.19. The van der Waals surface area contributed by atoms with E-state index in [1.165, 1.54) is 36.6 Å². The maximum absolute atomic E-state index is 13.8. The molecule has 1 aliphatic rings. The molecule has 1 aliphatic heterocycles. The number of aromatic nitrogens is 3. The van der Waals surface area contributed by atoms with Crippen LogP contribution in [0.25, 0.3) is 10.3 Å². The SMILES string of the molecule is Cn1c(=O)c2sc(N3CCCC3)nc2n(CC(=O)Nc2ccccc2F)c1=O. The number of rotatable bonds is 4. The second-order valence-electron chi connectivity index (χ2n) is 6.60. The number of hydrogen-bond acceptors (Lipinski definition) is 6. The van der Waals surface area contributed by atoms with E-state index in [-0.39, 0.29) is 17.9 Å². The van der Waals surface area contributed by atoms with Gasteiger partial charge in [-0.05, 0) is 25.0 Å². The Morgan fingerprint density at radius 3 is 2.68 bits per heavy atom. The van der Waals surface area contributed by atoms with E-state index in [0.717, 1.165) is 35.1 Å². The van der Waals surface area contributed by atoms with E-state index < -0.39 is 23.0 Å². The lowest BCUT2D eigenvalue weighted by atomic mass is 10.3. The largest absolute Gasteiger partial charge is 0.348 e. The van der Waals surface area contributed by atoms with Crippen molar-refractivity contribution in [2.45, 2.75) is 19.4 Å². The summed E-state index contributed by atoms with van der Waals surface area (Å²) in [5.41, 5.74) is -0.866. The first-order valence-electron chi connectivity index (χ1n) is 8.85. The molecule has 0 atom stereocenters. The van der Waals surface area contributed by atoms with Crippen LogP contribution in [0.2, 0.25) is 0 Å². The summed E-state index contributed by atoms with van der Waals surface area (Å²) >= 11 is 1.22. The van der Waals surface area contributed by atoms with E-state index in [0.29, 0.717) is 9.83 Å². The Balaban J connectivity index is 1.73. The van der Waals surface area contributed by atoms with Crippen molar-refractivity contribution in [3.8, 4) is 0 Å². The maximum atomic E-state index is 13.8. The average Bonchev–Trinajstić information content (AvgIpc) is 3.35. The van der Waals surface area contributed by atoms with Gasteiger partial charge in [0.05, 0.1) is 5.69 Å². The molecule has 3 heterocycles. The number of halogens is 1. The molecule has 1 amide bonds. The fourth-order valence-corrected chi connectivity index (χ4v) is 4.31. The number of thiazole rings is 1. The highest BCUT2D eigenvalue weighted by molar-refractivity contribution is 7.22. The minimum Gasteiger partial charge on any atom is -0.348 e. The maximum Gasteiger partial charge on any atom is 0.332 e. The van der Waals surface area contributed by atoms with Crippen molar-refractivity contribution in [2.75, 3.05) is 23.3 Å². The van der Waals surface area contributed by atoms with Gasteiger partial charge in [-0.2, -0.15) is 0 Å². The molecular weight excluding hydrogens is 385 g/mol. The molecule has 0 spiro atoms. The monoisotopic (exact) mass is 403 g/mol. The van der Waals surface area contributed by atoms with Gasteiger partial charge in [-0.1, -0.05) is 23.5 Å². The van der Waals surface area contributed by atoms with E-state index in [1.54, 1.807) is 6.07 Å². The van der Waals surface area contributed by atoms with E-state index in [2.05, 4.69) is 15.2 Å². The van der Waals surface area contributed by atoms with Gasteiger partial charge in [0.2, 0.25) is 5.91 Å². The van der Waals surface area contributed by atoms with Gasteiger partial charge in [-0.25, -0.2) is 14.2 Å². The van der Waals surface area contributed by atoms with Gasteiger partial charge in [0, 0.05) is 20.1 Å². The summed E-state index contributed by atoms with van der Waals surface area (Å²) in [6, 6.07) is 5.77. The molecule has 8 nitrogen and oxygen atoms in total. The van der Waals surface area contributed by atoms with Gasteiger partial charge in [0.1, 0.15) is 17.1 Å². The number of carbonyl (C=O) groups is 1. The molecule has 1 aromatic carbocycles. The number of para-hydroxylation sites is 1. The second kappa shape index (κ2) is 7.19. The third-order valence-electron chi connectivity index (χ3n) is 4.70. The number of fused-ring (bicyclic) bond motifs is 1. The molecule has 0 radical (unpaired) electrons. The number of nitrogens with one attached hydrogen (secondary N) is 1. The van der Waals surface area contributed by atoms with Crippen LogP contribution in [0.15, 0.2) is 33.9 Å². The van der Waals surface area contributed by atoms with Gasteiger partial charge in [-0.3, -0.25) is 18.7 Å². The first kappa shape index (κ1) is 18.4. The molecule has 4 rings (SSSR count). The fourth-order valence-electron chi connectivity index (χ4n) is 3.22. The molecule has 0 aliphatic carbocycles. The normalized spacial score (nSPS) is 14.0. The molecule has 1 fully saturated rings. The summed E-state index contributed by atoms with van der Waals surface area (Å²) in [7, 11) is 1.37. The predicted octanol–water partition coefficient (Wildman–Crippen LogP) is 1.53. The van der Waals surface area contributed by atoms with Crippen molar-refractivity contribution in [2.24, 2.45) is 7.05 Å². The topological polar surface area (TPSA) is 89.2 Å². The van der Waals surface area contributed by atoms with Crippen LogP contribution in [0, 0.1) is 5.82 Å². The molecule has 0 unspecified atom stereocenters. The Bertz CT molecular complexity index is 1180. The Kier molecular flexibility index (Phi) is 4.71. The summed E-state index contributed by atoms with van der Waals surface area (Å²) in [5.74, 6) is -1.15. The number of amides is 1. The minimum absolute atomic E-state index is 0.0256. The average molecular weight is 403 g/mol. The van der Waals surface area contributed by atoms with Crippen LogP contribution in [0.3, 0.4) is 0 Å². The smallest absolute Gasteiger partial charge is 0.332 e. The highest BCUT2D eigenvalue weighted by Gasteiger charge is 2.22. The molecule has 146 valence electrons. The van der Waals surface area contributed by atoms with Crippen molar-refractivity contribution >= 4 is 38.4 Å². The van der Waals surface area contributed by atoms with Gasteiger partial charge in [0.25, 0.3) is 5.56 Å². The Labute approximate surface area is 162 Å². The zero-order chi connectivity index (χ0) is 19.8. The van der Waals surface area contributed by atoms with E-state index in [1.807, 2.05) is 0 Å². The molecule has 28 heavy (non-hydrogen) atoms. The van der Waals surface area contributed by atoms with Crippen LogP contribution in [0.4, 0.5) is 15.2 Å². The highest BCUT2D eigenvalue weighted by Crippen LogP contribution is 2.28. The summed E-state index contributed by atoms with van der Waals surface area (Å²) in [5, 5.41) is 3.12. The summed E-state index contributed by atoms with van der Waals surface area (Å²) in [4.78, 5) is 44.1. The van der Waals surface area contributed by atoms with Crippen LogP contribution in [0.1, 0.15) is 12.8 Å². The zero-order valence-corrected chi connectivity index (χ0v) is 16.0. The molecular formula is C18H18FN5O3S. The van der Waals surface area contributed by atoms with Gasteiger partial charge in [0.15, 0.2) is 10.8 Å². The summed E-state index contributed by atoms with van der Waals surface area (Å²) < 4.78 is 16.2. The predicted molar refractivity (Wildman–Crippen MR) is 106 cm³/mol. The molecule has 2 aromatic heterocycles. The quantitative estimate of drug-likeness (QED) is 0.714. The van der Waals surface area contributed by atoms with Crippen LogP contribution in [-0.4, -0.2) is 33.1 Å². The Morgan fingerprint density at radius 2 is 1.96 bits per heavy atom. The number of benzene rings is 1. The van der Waals surface area contributed by atoms with Crippen molar-refractivity contribution in [1.82, 2.24) is 14.1 Å². The molecule has 0 bridgehead atoms. The lowest BCUT2D eigenvalue weighted by molar-refractivity contribution is -0.116. The number of carbonyl (C=O) groups excluding carboxylic acids is 1. The molecule has 0 saturated carbocycles. The van der Waals surface area contributed by atoms with Crippen molar-refractivity contribution < 1.29 is 9.18 Å². The third-order valence-corrected chi connectivity index (χ3v) is 5.79. The Hall–Kier alpha value is -3.01. The van der Waals surface area contributed by atoms with Gasteiger partial charge >= 0.3 is 5.69 Å². The van der Waals surface area contributed by atoms with E-state index in [4.69, 9.17) is 0 Å². The summed E-state index contributed by atoms with van der Waals surface area (Å²) in [6.45, 7) is 1.32. The van der Waals surface area contributed by atoms with Gasteiger partial charge in [-0.15, -0.1) is 0 Å². The van der Waals surface area contributed by atoms with E-state index in [9.17, 15) is 18.8 Å². The number of nitrogens with zero attached hydrogens (tertiary/aromatic N) is 4. The van der Waals surface area contributed by atoms with Crippen LogP contribution in [0.5, 0.6) is 0 Å². The van der Waals surface area contributed by atoms with Crippen molar-refractivity contribution in [1.29, 1.82) is 0 Å². The van der Waals surface area contributed by atoms with E-state index >= 15 is 0 Å². The molecule has 3 aromatic rings.